The molecule has 0 saturated heterocycles. The molecule has 0 aliphatic carbocycles. The molecule has 0 unspecified atom stereocenters. The van der Waals surface area contributed by atoms with E-state index in [0.717, 1.165) is 0 Å². The lowest BCUT2D eigenvalue weighted by Gasteiger charge is -2.09. The first-order chi connectivity index (χ1) is 9.04. The predicted molar refractivity (Wildman–Crippen MR) is 76.5 cm³/mol. The Hall–Kier alpha value is -1.38. The van der Waals surface area contributed by atoms with Gasteiger partial charge in [-0.05, 0) is 24.3 Å². The lowest BCUT2D eigenvalue weighted by atomic mass is 10.00. The second kappa shape index (κ2) is 5.72. The number of ketones is 1. The van der Waals surface area contributed by atoms with Gasteiger partial charge in [-0.1, -0.05) is 42.3 Å². The van der Waals surface area contributed by atoms with Crippen LogP contribution in [0.3, 0.4) is 0 Å². The second-order valence-corrected chi connectivity index (χ2v) is 4.86. The van der Waals surface area contributed by atoms with Gasteiger partial charge in [-0.25, -0.2) is 4.39 Å². The topological polar surface area (TPSA) is 17.1 Å². The van der Waals surface area contributed by atoms with Gasteiger partial charge in [-0.3, -0.25) is 4.79 Å². The van der Waals surface area contributed by atoms with E-state index in [1.807, 2.05) is 0 Å². The summed E-state index contributed by atoms with van der Waals surface area (Å²) < 4.78 is 13.9. The van der Waals surface area contributed by atoms with Crippen molar-refractivity contribution in [3.63, 3.8) is 0 Å². The van der Waals surface area contributed by atoms with Crippen molar-refractivity contribution in [1.29, 1.82) is 0 Å². The average Bonchev–Trinajstić information content (AvgIpc) is 2.42. The molecule has 0 fully saturated rings. The molecule has 2 aromatic rings. The monoisotopic (exact) mass is 296 g/mol. The van der Waals surface area contributed by atoms with Crippen LogP contribution in [0.5, 0.6) is 0 Å². The van der Waals surface area contributed by atoms with Crippen molar-refractivity contribution < 1.29 is 9.18 Å². The fraction of sp³-hybridized carbons (Fsp3) is 0.133. The van der Waals surface area contributed by atoms with Gasteiger partial charge in [0, 0.05) is 23.1 Å². The maximum atomic E-state index is 13.9. The molecule has 0 radical (unpaired) electrons. The minimum Gasteiger partial charge on any atom is -0.294 e. The van der Waals surface area contributed by atoms with Crippen LogP contribution in [0.1, 0.15) is 23.7 Å². The Balaban J connectivity index is 2.61. The fourth-order valence-corrected chi connectivity index (χ4v) is 2.22. The highest BCUT2D eigenvalue weighted by molar-refractivity contribution is 6.43. The minimum absolute atomic E-state index is 0.0422. The van der Waals surface area contributed by atoms with Gasteiger partial charge >= 0.3 is 0 Å². The summed E-state index contributed by atoms with van der Waals surface area (Å²) in [7, 11) is 0. The molecule has 0 aliphatic rings. The molecule has 2 aromatic carbocycles. The van der Waals surface area contributed by atoms with Crippen LogP contribution in [-0.4, -0.2) is 5.78 Å². The van der Waals surface area contributed by atoms with E-state index in [-0.39, 0.29) is 16.4 Å². The highest BCUT2D eigenvalue weighted by Gasteiger charge is 2.13. The third-order valence-electron chi connectivity index (χ3n) is 2.85. The number of Topliss-reactive ketones (excluding diaryl/α,β-unsaturated/α-hetero) is 1. The maximum Gasteiger partial charge on any atom is 0.162 e. The maximum absolute atomic E-state index is 13.9. The molecule has 0 amide bonds. The van der Waals surface area contributed by atoms with E-state index in [1.165, 1.54) is 18.2 Å². The van der Waals surface area contributed by atoms with Crippen molar-refractivity contribution >= 4 is 29.0 Å². The van der Waals surface area contributed by atoms with Crippen molar-refractivity contribution in [3.05, 3.63) is 57.8 Å². The van der Waals surface area contributed by atoms with Crippen LogP contribution in [0.4, 0.5) is 4.39 Å². The highest BCUT2D eigenvalue weighted by Crippen LogP contribution is 2.35. The molecule has 0 aromatic heterocycles. The molecule has 0 N–H and O–H groups in total. The summed E-state index contributed by atoms with van der Waals surface area (Å²) >= 11 is 12.0. The molecular weight excluding hydrogens is 286 g/mol. The number of hydrogen-bond acceptors (Lipinski definition) is 1. The Morgan fingerprint density at radius 2 is 1.89 bits per heavy atom. The summed E-state index contributed by atoms with van der Waals surface area (Å²) in [6, 6.07) is 9.26. The molecule has 0 heterocycles. The van der Waals surface area contributed by atoms with Gasteiger partial charge in [0.1, 0.15) is 5.82 Å². The zero-order valence-electron chi connectivity index (χ0n) is 10.2. The summed E-state index contributed by atoms with van der Waals surface area (Å²) in [5, 5.41) is 0.634. The van der Waals surface area contributed by atoms with E-state index in [9.17, 15) is 9.18 Å². The van der Waals surface area contributed by atoms with E-state index in [2.05, 4.69) is 0 Å². The van der Waals surface area contributed by atoms with E-state index < -0.39 is 5.82 Å². The average molecular weight is 297 g/mol. The van der Waals surface area contributed by atoms with E-state index in [4.69, 9.17) is 23.2 Å². The summed E-state index contributed by atoms with van der Waals surface area (Å²) in [6.45, 7) is 1.76. The van der Waals surface area contributed by atoms with E-state index >= 15 is 0 Å². The Kier molecular flexibility index (Phi) is 4.23. The number of carbonyl (C=O) groups is 1. The van der Waals surface area contributed by atoms with Crippen molar-refractivity contribution in [2.24, 2.45) is 0 Å². The lowest BCUT2D eigenvalue weighted by Crippen LogP contribution is -1.98. The van der Waals surface area contributed by atoms with Crippen molar-refractivity contribution in [2.75, 3.05) is 0 Å². The second-order valence-electron chi connectivity index (χ2n) is 4.07. The molecule has 0 aliphatic heterocycles. The minimum atomic E-state index is -0.434. The SMILES string of the molecule is CCC(=O)c1ccc(F)c(-c2cccc(Cl)c2Cl)c1. The number of hydrogen-bond donors (Lipinski definition) is 0. The van der Waals surface area contributed by atoms with Crippen LogP contribution in [0.25, 0.3) is 11.1 Å². The zero-order valence-corrected chi connectivity index (χ0v) is 11.7. The van der Waals surface area contributed by atoms with Gasteiger partial charge in [0.15, 0.2) is 5.78 Å². The highest BCUT2D eigenvalue weighted by atomic mass is 35.5. The van der Waals surface area contributed by atoms with E-state index in [0.29, 0.717) is 22.6 Å². The Bertz CT molecular complexity index is 638. The Labute approximate surface area is 121 Å². The van der Waals surface area contributed by atoms with Gasteiger partial charge in [0.2, 0.25) is 0 Å². The zero-order chi connectivity index (χ0) is 14.0. The number of rotatable bonds is 3. The van der Waals surface area contributed by atoms with Gasteiger partial charge < -0.3 is 0 Å². The Morgan fingerprint density at radius 3 is 2.58 bits per heavy atom. The fourth-order valence-electron chi connectivity index (χ4n) is 1.82. The molecule has 0 bridgehead atoms. The molecule has 0 saturated carbocycles. The van der Waals surface area contributed by atoms with Gasteiger partial charge in [0.05, 0.1) is 10.0 Å². The molecule has 4 heteroatoms. The first-order valence-electron chi connectivity index (χ1n) is 5.81. The molecule has 19 heavy (non-hydrogen) atoms. The predicted octanol–water partition coefficient (Wildman–Crippen LogP) is 5.39. The van der Waals surface area contributed by atoms with Crippen LogP contribution < -0.4 is 0 Å². The standard InChI is InChI=1S/C15H11Cl2FO/c1-2-14(19)9-6-7-13(18)11(8-9)10-4-3-5-12(16)15(10)17/h3-8H,2H2,1H3. The molecular formula is C15H11Cl2FO. The number of benzene rings is 2. The molecule has 0 spiro atoms. The first-order valence-corrected chi connectivity index (χ1v) is 6.57. The number of carbonyl (C=O) groups excluding carboxylic acids is 1. The summed E-state index contributed by atoms with van der Waals surface area (Å²) in [5.74, 6) is -0.476. The quantitative estimate of drug-likeness (QED) is 0.694. The van der Waals surface area contributed by atoms with Crippen LogP contribution in [-0.2, 0) is 0 Å². The molecule has 2 rings (SSSR count). The van der Waals surface area contributed by atoms with Crippen LogP contribution >= 0.6 is 23.2 Å². The molecule has 98 valence electrons. The van der Waals surface area contributed by atoms with Crippen molar-refractivity contribution in [1.82, 2.24) is 0 Å². The van der Waals surface area contributed by atoms with Crippen LogP contribution in [0.15, 0.2) is 36.4 Å². The van der Waals surface area contributed by atoms with Gasteiger partial charge in [-0.2, -0.15) is 0 Å². The van der Waals surface area contributed by atoms with Crippen LogP contribution in [0, 0.1) is 5.82 Å². The van der Waals surface area contributed by atoms with Crippen molar-refractivity contribution in [3.8, 4) is 11.1 Å². The summed E-state index contributed by atoms with van der Waals surface area (Å²) in [5.41, 5.74) is 1.24. The van der Waals surface area contributed by atoms with Gasteiger partial charge in [-0.15, -0.1) is 0 Å². The summed E-state index contributed by atoms with van der Waals surface area (Å²) in [6.07, 6.45) is 0.369. The summed E-state index contributed by atoms with van der Waals surface area (Å²) in [4.78, 5) is 11.7. The largest absolute Gasteiger partial charge is 0.294 e. The molecule has 1 nitrogen and oxygen atoms in total. The van der Waals surface area contributed by atoms with Crippen molar-refractivity contribution in [2.45, 2.75) is 13.3 Å². The third-order valence-corrected chi connectivity index (χ3v) is 3.67. The molecule has 0 atom stereocenters. The van der Waals surface area contributed by atoms with E-state index in [1.54, 1.807) is 25.1 Å². The lowest BCUT2D eigenvalue weighted by molar-refractivity contribution is 0.0988. The normalized spacial score (nSPS) is 10.5. The van der Waals surface area contributed by atoms with Crippen LogP contribution in [0.2, 0.25) is 10.0 Å². The first kappa shape index (κ1) is 14.0. The third kappa shape index (κ3) is 2.80. The smallest absolute Gasteiger partial charge is 0.162 e. The number of halogens is 3. The van der Waals surface area contributed by atoms with Gasteiger partial charge in [0.25, 0.3) is 0 Å². The Morgan fingerprint density at radius 1 is 1.16 bits per heavy atom.